The zero-order valence-electron chi connectivity index (χ0n) is 26.2. The Morgan fingerprint density at radius 1 is 1.04 bits per heavy atom. The van der Waals surface area contributed by atoms with E-state index in [1.165, 1.54) is 17.0 Å². The number of hydrogen-bond acceptors (Lipinski definition) is 9. The number of nitrogen functional groups attached to an aromatic ring is 1. The van der Waals surface area contributed by atoms with Crippen molar-refractivity contribution < 1.29 is 47.2 Å². The Balaban J connectivity index is 0.000000838. The van der Waals surface area contributed by atoms with Crippen LogP contribution >= 0.6 is 0 Å². The topological polar surface area (TPSA) is 226 Å². The van der Waals surface area contributed by atoms with E-state index in [9.17, 15) is 32.7 Å². The molecule has 0 spiro atoms. The predicted octanol–water partition coefficient (Wildman–Crippen LogP) is 3.24. The first-order valence-electron chi connectivity index (χ1n) is 14.2. The van der Waals surface area contributed by atoms with Gasteiger partial charge in [-0.25, -0.2) is 14.4 Å². The summed E-state index contributed by atoms with van der Waals surface area (Å²) < 4.78 is 44.3. The Bertz CT molecular complexity index is 1870. The molecule has 1 amide bonds. The molecule has 4 aromatic rings. The minimum atomic E-state index is -5.08. The Morgan fingerprint density at radius 2 is 1.67 bits per heavy atom. The number of aromatic carboxylic acids is 1. The van der Waals surface area contributed by atoms with Crippen LogP contribution in [0.25, 0.3) is 5.69 Å². The highest BCUT2D eigenvalue weighted by molar-refractivity contribution is 5.95. The number of nitrogens with one attached hydrogen (secondary N) is 3. The van der Waals surface area contributed by atoms with Crippen LogP contribution < -0.4 is 26.2 Å². The smallest absolute Gasteiger partial charge is 0.490 e. The van der Waals surface area contributed by atoms with Gasteiger partial charge in [-0.1, -0.05) is 18.2 Å². The summed E-state index contributed by atoms with van der Waals surface area (Å²) in [7, 11) is 3.26. The summed E-state index contributed by atoms with van der Waals surface area (Å²) >= 11 is 0. The summed E-state index contributed by atoms with van der Waals surface area (Å²) in [5.41, 5.74) is 6.75. The maximum Gasteiger partial charge on any atom is 0.490 e. The van der Waals surface area contributed by atoms with Gasteiger partial charge >= 0.3 is 23.8 Å². The second-order valence-corrected chi connectivity index (χ2v) is 10.1. The maximum atomic E-state index is 13.1. The summed E-state index contributed by atoms with van der Waals surface area (Å²) in [5.74, 6) is -3.34. The van der Waals surface area contributed by atoms with E-state index >= 15 is 0 Å². The van der Waals surface area contributed by atoms with E-state index in [1.54, 1.807) is 68.7 Å². The average Bonchev–Trinajstić information content (AvgIpc) is 3.43. The van der Waals surface area contributed by atoms with Crippen LogP contribution in [0.5, 0.6) is 11.5 Å². The number of benzene rings is 3. The van der Waals surface area contributed by atoms with Crippen LogP contribution in [0.1, 0.15) is 40.3 Å². The molecule has 0 saturated heterocycles. The van der Waals surface area contributed by atoms with Crippen molar-refractivity contribution >= 4 is 29.4 Å². The summed E-state index contributed by atoms with van der Waals surface area (Å²) in [6, 6.07) is 17.2. The van der Waals surface area contributed by atoms with Crippen molar-refractivity contribution in [3.63, 3.8) is 0 Å². The van der Waals surface area contributed by atoms with Gasteiger partial charge in [0.05, 0.1) is 17.9 Å². The van der Waals surface area contributed by atoms with E-state index in [0.717, 1.165) is 4.68 Å². The number of alkyl halides is 3. The number of rotatable bonds is 12. The van der Waals surface area contributed by atoms with Gasteiger partial charge in [0.1, 0.15) is 11.9 Å². The highest BCUT2D eigenvalue weighted by Crippen LogP contribution is 2.34. The van der Waals surface area contributed by atoms with Gasteiger partial charge in [-0.15, -0.1) is 5.10 Å². The molecule has 1 heterocycles. The Morgan fingerprint density at radius 3 is 2.22 bits per heavy atom. The van der Waals surface area contributed by atoms with Crippen LogP contribution in [0.2, 0.25) is 0 Å². The van der Waals surface area contributed by atoms with Crippen molar-refractivity contribution in [2.45, 2.75) is 19.1 Å². The molecule has 7 N–H and O–H groups in total. The quantitative estimate of drug-likeness (QED) is 0.0936. The number of para-hydroxylation sites is 1. The van der Waals surface area contributed by atoms with Gasteiger partial charge in [-0.3, -0.25) is 15.2 Å². The SMILES string of the molecule is CCOc1cc(C(Nc2ccc(C(=N)N)cc2)c2nn(-c3ccccc3C(=O)O)c(=O)[nH]2)ccc1OCC(=O)N(C)C.O=C(O)C(F)(F)F. The van der Waals surface area contributed by atoms with Gasteiger partial charge in [0.25, 0.3) is 5.91 Å². The Kier molecular flexibility index (Phi) is 12.1. The summed E-state index contributed by atoms with van der Waals surface area (Å²) in [4.78, 5) is 50.0. The molecule has 260 valence electrons. The van der Waals surface area contributed by atoms with Crippen molar-refractivity contribution in [1.29, 1.82) is 5.41 Å². The van der Waals surface area contributed by atoms with E-state index in [2.05, 4.69) is 15.4 Å². The highest BCUT2D eigenvalue weighted by Gasteiger charge is 2.38. The lowest BCUT2D eigenvalue weighted by atomic mass is 10.0. The molecule has 1 unspecified atom stereocenters. The van der Waals surface area contributed by atoms with Gasteiger partial charge in [-0.2, -0.15) is 17.9 Å². The molecule has 3 aromatic carbocycles. The van der Waals surface area contributed by atoms with Crippen LogP contribution in [0, 0.1) is 5.41 Å². The number of aliphatic carboxylic acids is 1. The number of nitrogens with zero attached hydrogens (tertiary/aromatic N) is 3. The number of carboxylic acids is 2. The number of amides is 1. The molecule has 0 radical (unpaired) electrons. The number of ether oxygens (including phenoxy) is 2. The summed E-state index contributed by atoms with van der Waals surface area (Å²) in [5, 5.41) is 32.2. The third-order valence-corrected chi connectivity index (χ3v) is 6.47. The molecular weight excluding hydrogens is 655 g/mol. The van der Waals surface area contributed by atoms with Crippen molar-refractivity contribution in [2.24, 2.45) is 5.73 Å². The van der Waals surface area contributed by atoms with Gasteiger partial charge in [0.15, 0.2) is 23.9 Å². The van der Waals surface area contributed by atoms with Crippen LogP contribution in [0.15, 0.2) is 71.5 Å². The molecular formula is C31H32F3N7O8. The average molecular weight is 688 g/mol. The number of hydrogen-bond donors (Lipinski definition) is 6. The highest BCUT2D eigenvalue weighted by atomic mass is 19.4. The van der Waals surface area contributed by atoms with Gasteiger partial charge in [0.2, 0.25) is 0 Å². The van der Waals surface area contributed by atoms with Gasteiger partial charge < -0.3 is 35.6 Å². The summed E-state index contributed by atoms with van der Waals surface area (Å²) in [6.07, 6.45) is -5.08. The van der Waals surface area contributed by atoms with E-state index in [-0.39, 0.29) is 35.4 Å². The normalized spacial score (nSPS) is 11.4. The number of likely N-dealkylation sites (N-methyl/N-ethyl adjacent to an activating group) is 1. The third kappa shape index (κ3) is 9.83. The largest absolute Gasteiger partial charge is 0.490 e. The number of H-pyrrole nitrogens is 1. The maximum absolute atomic E-state index is 13.1. The number of carbonyl (C=O) groups excluding carboxylic acids is 1. The fourth-order valence-electron chi connectivity index (χ4n) is 4.06. The van der Waals surface area contributed by atoms with Crippen LogP contribution in [0.3, 0.4) is 0 Å². The number of aromatic nitrogens is 3. The molecule has 49 heavy (non-hydrogen) atoms. The molecule has 1 aromatic heterocycles. The van der Waals surface area contributed by atoms with Gasteiger partial charge in [-0.05, 0) is 61.0 Å². The predicted molar refractivity (Wildman–Crippen MR) is 170 cm³/mol. The standard InChI is InChI=1S/C29H31N7O6.C2HF3O2/c1-4-41-23-15-18(11-14-22(23)42-16-24(37)35(2)3)25(32-19-12-9-17(10-13-19)26(30)31)27-33-29(40)36(34-27)21-8-6-5-7-20(21)28(38)39;3-2(4,5)1(6)7/h5-15,25,32H,4,16H2,1-3H3,(H3,30,31)(H,38,39)(H,33,34,40);(H,6,7). The van der Waals surface area contributed by atoms with Crippen molar-refractivity contribution in [2.75, 3.05) is 32.6 Å². The van der Waals surface area contributed by atoms with E-state index in [1.807, 2.05) is 6.92 Å². The first-order valence-corrected chi connectivity index (χ1v) is 14.2. The number of aromatic amines is 1. The summed E-state index contributed by atoms with van der Waals surface area (Å²) in [6.45, 7) is 1.95. The second kappa shape index (κ2) is 16.0. The second-order valence-electron chi connectivity index (χ2n) is 10.1. The first kappa shape index (κ1) is 37.1. The van der Waals surface area contributed by atoms with E-state index in [0.29, 0.717) is 34.9 Å². The monoisotopic (exact) mass is 687 g/mol. The van der Waals surface area contributed by atoms with E-state index < -0.39 is 29.8 Å². The lowest BCUT2D eigenvalue weighted by molar-refractivity contribution is -0.192. The minimum absolute atomic E-state index is 0.0806. The molecule has 0 saturated carbocycles. The zero-order valence-corrected chi connectivity index (χ0v) is 26.2. The third-order valence-electron chi connectivity index (χ3n) is 6.47. The van der Waals surface area contributed by atoms with Crippen LogP contribution in [0.4, 0.5) is 18.9 Å². The fourth-order valence-corrected chi connectivity index (χ4v) is 4.06. The number of carboxylic acid groups (broad SMARTS) is 2. The molecule has 18 heteroatoms. The molecule has 0 aliphatic rings. The molecule has 1 atom stereocenters. The lowest BCUT2D eigenvalue weighted by Gasteiger charge is -2.21. The molecule has 0 aliphatic carbocycles. The Labute approximate surface area is 276 Å². The number of halogens is 3. The zero-order chi connectivity index (χ0) is 36.5. The molecule has 15 nitrogen and oxygen atoms in total. The minimum Gasteiger partial charge on any atom is -0.490 e. The van der Waals surface area contributed by atoms with Crippen molar-refractivity contribution in [3.8, 4) is 17.2 Å². The van der Waals surface area contributed by atoms with Gasteiger partial charge in [0, 0.05) is 25.3 Å². The lowest BCUT2D eigenvalue weighted by Crippen LogP contribution is -2.27. The molecule has 4 rings (SSSR count). The van der Waals surface area contributed by atoms with Crippen LogP contribution in [-0.4, -0.2) is 87.0 Å². The first-order chi connectivity index (χ1) is 23.0. The van der Waals surface area contributed by atoms with Crippen LogP contribution in [-0.2, 0) is 9.59 Å². The van der Waals surface area contributed by atoms with E-state index in [4.69, 9.17) is 30.5 Å². The number of anilines is 1. The van der Waals surface area contributed by atoms with Crippen molar-refractivity contribution in [3.05, 3.63) is 99.7 Å². The number of carbonyl (C=O) groups is 3. The molecule has 0 fully saturated rings. The fraction of sp³-hybridized carbons (Fsp3) is 0.226. The van der Waals surface area contributed by atoms with Crippen molar-refractivity contribution in [1.82, 2.24) is 19.7 Å². The number of nitrogens with two attached hydrogens (primary N) is 1. The molecule has 0 aliphatic heterocycles. The number of amidine groups is 1. The molecule has 0 bridgehead atoms. The Hall–Kier alpha value is -6.33.